The van der Waals surface area contributed by atoms with E-state index in [0.717, 1.165) is 22.3 Å². The molecule has 1 aliphatic heterocycles. The number of carbonyl (C=O) groups is 1. The number of anilines is 1. The van der Waals surface area contributed by atoms with E-state index in [-0.39, 0.29) is 11.8 Å². The molecule has 2 aromatic carbocycles. The van der Waals surface area contributed by atoms with Crippen LogP contribution in [-0.2, 0) is 4.79 Å². The number of benzene rings is 2. The maximum atomic E-state index is 12.5. The molecule has 0 aliphatic carbocycles. The quantitative estimate of drug-likeness (QED) is 0.599. The van der Waals surface area contributed by atoms with Crippen LogP contribution in [0.2, 0.25) is 0 Å². The Balaban J connectivity index is 1.40. The first-order chi connectivity index (χ1) is 13.2. The molecule has 1 atom stereocenters. The molecule has 1 saturated heterocycles. The van der Waals surface area contributed by atoms with E-state index >= 15 is 0 Å². The lowest BCUT2D eigenvalue weighted by atomic mass is 10.1. The Bertz CT molecular complexity index is 1090. The van der Waals surface area contributed by atoms with Gasteiger partial charge < -0.3 is 14.4 Å². The van der Waals surface area contributed by atoms with Crippen molar-refractivity contribution in [2.24, 2.45) is 0 Å². The van der Waals surface area contributed by atoms with E-state index in [1.807, 2.05) is 61.5 Å². The highest BCUT2D eigenvalue weighted by molar-refractivity contribution is 5.96. The Kier molecular flexibility index (Phi) is 3.57. The molecule has 0 radical (unpaired) electrons. The van der Waals surface area contributed by atoms with Crippen molar-refractivity contribution in [1.82, 2.24) is 15.1 Å². The summed E-state index contributed by atoms with van der Waals surface area (Å²) in [5.41, 5.74) is 3.89. The second kappa shape index (κ2) is 6.09. The second-order valence-corrected chi connectivity index (χ2v) is 6.97. The summed E-state index contributed by atoms with van der Waals surface area (Å²) in [4.78, 5) is 22.1. The van der Waals surface area contributed by atoms with Crippen molar-refractivity contribution in [2.45, 2.75) is 19.3 Å². The van der Waals surface area contributed by atoms with Crippen molar-refractivity contribution in [2.75, 3.05) is 11.4 Å². The summed E-state index contributed by atoms with van der Waals surface area (Å²) in [6.45, 7) is 2.59. The van der Waals surface area contributed by atoms with Gasteiger partial charge in [-0.05, 0) is 31.2 Å². The lowest BCUT2D eigenvalue weighted by Crippen LogP contribution is -2.24. The molecule has 27 heavy (non-hydrogen) atoms. The highest BCUT2D eigenvalue weighted by Gasteiger charge is 2.34. The number of hydrogen-bond donors (Lipinski definition) is 1. The molecule has 134 valence electrons. The Hall–Kier alpha value is -3.41. The van der Waals surface area contributed by atoms with Gasteiger partial charge in [0.1, 0.15) is 5.69 Å². The number of para-hydroxylation sites is 1. The molecule has 5 rings (SSSR count). The molecule has 0 saturated carbocycles. The number of fused-ring (bicyclic) bond motifs is 1. The van der Waals surface area contributed by atoms with E-state index < -0.39 is 0 Å². The van der Waals surface area contributed by atoms with Crippen LogP contribution >= 0.6 is 0 Å². The molecule has 4 aromatic rings. The number of nitrogens with zero attached hydrogens (tertiary/aromatic N) is 3. The fourth-order valence-electron chi connectivity index (χ4n) is 3.55. The smallest absolute Gasteiger partial charge is 0.274 e. The standard InChI is InChI=1S/C21H18N4O2/c1-13-6-8-16(9-7-13)25-12-15(11-19(25)26)20-23-21(27-24-20)18-10-14-4-2-3-5-17(14)22-18/h2-10,15,22H,11-12H2,1H3/t15-/m1/s1. The molecular formula is C21H18N4O2. The number of aromatic amines is 1. The predicted molar refractivity (Wildman–Crippen MR) is 102 cm³/mol. The van der Waals surface area contributed by atoms with Gasteiger partial charge in [0, 0.05) is 35.5 Å². The van der Waals surface area contributed by atoms with Gasteiger partial charge in [-0.2, -0.15) is 4.98 Å². The van der Waals surface area contributed by atoms with Crippen LogP contribution < -0.4 is 4.90 Å². The predicted octanol–water partition coefficient (Wildman–Crippen LogP) is 4.05. The molecule has 2 aromatic heterocycles. The second-order valence-electron chi connectivity index (χ2n) is 6.97. The van der Waals surface area contributed by atoms with Crippen molar-refractivity contribution in [1.29, 1.82) is 0 Å². The molecule has 1 aliphatic rings. The van der Waals surface area contributed by atoms with Crippen LogP contribution in [0.15, 0.2) is 59.1 Å². The zero-order valence-corrected chi connectivity index (χ0v) is 14.8. The van der Waals surface area contributed by atoms with Crippen LogP contribution in [0.4, 0.5) is 5.69 Å². The van der Waals surface area contributed by atoms with Gasteiger partial charge in [0.25, 0.3) is 5.89 Å². The normalized spacial score (nSPS) is 17.1. The molecule has 1 N–H and O–H groups in total. The van der Waals surface area contributed by atoms with Gasteiger partial charge >= 0.3 is 0 Å². The fourth-order valence-corrected chi connectivity index (χ4v) is 3.55. The summed E-state index contributed by atoms with van der Waals surface area (Å²) in [6, 6.07) is 18.0. The van der Waals surface area contributed by atoms with E-state index in [4.69, 9.17) is 4.52 Å². The fraction of sp³-hybridized carbons (Fsp3) is 0.190. The maximum Gasteiger partial charge on any atom is 0.274 e. The van der Waals surface area contributed by atoms with Gasteiger partial charge in [-0.25, -0.2) is 0 Å². The van der Waals surface area contributed by atoms with Crippen LogP contribution in [0.3, 0.4) is 0 Å². The average molecular weight is 358 g/mol. The van der Waals surface area contributed by atoms with E-state index in [1.54, 1.807) is 4.90 Å². The number of amides is 1. The molecule has 1 fully saturated rings. The first-order valence-electron chi connectivity index (χ1n) is 8.96. The van der Waals surface area contributed by atoms with Gasteiger partial charge in [-0.15, -0.1) is 0 Å². The minimum absolute atomic E-state index is 0.0688. The molecule has 6 nitrogen and oxygen atoms in total. The van der Waals surface area contributed by atoms with Crippen LogP contribution in [0.25, 0.3) is 22.5 Å². The van der Waals surface area contributed by atoms with Crippen LogP contribution in [0.5, 0.6) is 0 Å². The lowest BCUT2D eigenvalue weighted by Gasteiger charge is -2.16. The van der Waals surface area contributed by atoms with E-state index in [0.29, 0.717) is 24.7 Å². The molecule has 6 heteroatoms. The van der Waals surface area contributed by atoms with Gasteiger partial charge in [-0.3, -0.25) is 4.79 Å². The molecule has 0 bridgehead atoms. The van der Waals surface area contributed by atoms with Gasteiger partial charge in [-0.1, -0.05) is 41.1 Å². The summed E-state index contributed by atoms with van der Waals surface area (Å²) >= 11 is 0. The number of hydrogen-bond acceptors (Lipinski definition) is 4. The van der Waals surface area contributed by atoms with Crippen molar-refractivity contribution in [3.05, 3.63) is 66.0 Å². The zero-order valence-electron chi connectivity index (χ0n) is 14.8. The molecule has 0 spiro atoms. The van der Waals surface area contributed by atoms with Gasteiger partial charge in [0.15, 0.2) is 5.82 Å². The number of aryl methyl sites for hydroxylation is 1. The third-order valence-electron chi connectivity index (χ3n) is 5.04. The summed E-state index contributed by atoms with van der Waals surface area (Å²) in [7, 11) is 0. The number of nitrogens with one attached hydrogen (secondary N) is 1. The highest BCUT2D eigenvalue weighted by atomic mass is 16.5. The number of aromatic nitrogens is 3. The summed E-state index contributed by atoms with van der Waals surface area (Å²) in [6.07, 6.45) is 0.388. The summed E-state index contributed by atoms with van der Waals surface area (Å²) < 4.78 is 5.46. The van der Waals surface area contributed by atoms with Crippen molar-refractivity contribution < 1.29 is 9.32 Å². The monoisotopic (exact) mass is 358 g/mol. The minimum atomic E-state index is -0.0688. The molecule has 1 amide bonds. The first kappa shape index (κ1) is 15.8. The Morgan fingerprint density at radius 2 is 1.96 bits per heavy atom. The first-order valence-corrected chi connectivity index (χ1v) is 8.96. The van der Waals surface area contributed by atoms with Gasteiger partial charge in [0.05, 0.1) is 0 Å². The summed E-state index contributed by atoms with van der Waals surface area (Å²) in [5.74, 6) is 1.04. The van der Waals surface area contributed by atoms with E-state index in [1.165, 1.54) is 5.56 Å². The maximum absolute atomic E-state index is 12.5. The molecular weight excluding hydrogens is 340 g/mol. The third-order valence-corrected chi connectivity index (χ3v) is 5.04. The van der Waals surface area contributed by atoms with Crippen molar-refractivity contribution >= 4 is 22.5 Å². The number of H-pyrrole nitrogens is 1. The average Bonchev–Trinajstić information content (AvgIpc) is 3.39. The van der Waals surface area contributed by atoms with E-state index in [9.17, 15) is 4.79 Å². The Morgan fingerprint density at radius 3 is 2.78 bits per heavy atom. The molecule has 3 heterocycles. The minimum Gasteiger partial charge on any atom is -0.351 e. The van der Waals surface area contributed by atoms with Crippen molar-refractivity contribution in [3.8, 4) is 11.6 Å². The number of rotatable bonds is 3. The topological polar surface area (TPSA) is 75.0 Å². The van der Waals surface area contributed by atoms with Crippen LogP contribution in [0, 0.1) is 6.92 Å². The summed E-state index contributed by atoms with van der Waals surface area (Å²) in [5, 5.41) is 5.23. The van der Waals surface area contributed by atoms with E-state index in [2.05, 4.69) is 15.1 Å². The zero-order chi connectivity index (χ0) is 18.4. The third kappa shape index (κ3) is 2.79. The Labute approximate surface area is 155 Å². The number of carbonyl (C=O) groups excluding carboxylic acids is 1. The lowest BCUT2D eigenvalue weighted by molar-refractivity contribution is -0.117. The highest BCUT2D eigenvalue weighted by Crippen LogP contribution is 2.32. The largest absolute Gasteiger partial charge is 0.351 e. The molecule has 0 unspecified atom stereocenters. The van der Waals surface area contributed by atoms with Crippen LogP contribution in [-0.4, -0.2) is 27.6 Å². The Morgan fingerprint density at radius 1 is 1.15 bits per heavy atom. The SMILES string of the molecule is Cc1ccc(N2C[C@H](c3noc(-c4cc5ccccc5[nH]4)n3)CC2=O)cc1. The van der Waals surface area contributed by atoms with Crippen molar-refractivity contribution in [3.63, 3.8) is 0 Å². The van der Waals surface area contributed by atoms with Gasteiger partial charge in [0.2, 0.25) is 5.91 Å². The van der Waals surface area contributed by atoms with Crippen LogP contribution in [0.1, 0.15) is 23.7 Å².